The minimum atomic E-state index is -0.889. The van der Waals surface area contributed by atoms with Gasteiger partial charge in [0.05, 0.1) is 42.7 Å². The van der Waals surface area contributed by atoms with Crippen molar-refractivity contribution in [3.8, 4) is 17.2 Å². The molecule has 37 heavy (non-hydrogen) atoms. The highest BCUT2D eigenvalue weighted by molar-refractivity contribution is 7.22. The highest BCUT2D eigenvalue weighted by atomic mass is 32.1. The summed E-state index contributed by atoms with van der Waals surface area (Å²) < 4.78 is 16.9. The first-order valence-corrected chi connectivity index (χ1v) is 12.4. The smallest absolute Gasteiger partial charge is 0.301 e. The third kappa shape index (κ3) is 4.38. The van der Waals surface area contributed by atoms with Gasteiger partial charge in [0.1, 0.15) is 23.0 Å². The first-order valence-electron chi connectivity index (χ1n) is 11.6. The number of hydrogen-bond acceptors (Lipinski definition) is 8. The van der Waals surface area contributed by atoms with Crippen LogP contribution in [0.1, 0.15) is 24.1 Å². The van der Waals surface area contributed by atoms with Gasteiger partial charge in [-0.05, 0) is 67.1 Å². The van der Waals surface area contributed by atoms with Crippen LogP contribution in [0.5, 0.6) is 17.2 Å². The molecular formula is C28H24N2O6S. The average Bonchev–Trinajstić information content (AvgIpc) is 3.46. The Labute approximate surface area is 217 Å². The molecule has 5 rings (SSSR count). The van der Waals surface area contributed by atoms with Gasteiger partial charge in [-0.2, -0.15) is 0 Å². The van der Waals surface area contributed by atoms with Crippen LogP contribution in [0.4, 0.5) is 5.13 Å². The number of amides is 1. The molecule has 1 amide bonds. The van der Waals surface area contributed by atoms with Crippen LogP contribution in [0.3, 0.4) is 0 Å². The van der Waals surface area contributed by atoms with E-state index in [1.165, 1.54) is 16.2 Å². The molecule has 1 aliphatic heterocycles. The van der Waals surface area contributed by atoms with E-state index in [9.17, 15) is 14.7 Å². The van der Waals surface area contributed by atoms with Crippen molar-refractivity contribution < 1.29 is 28.9 Å². The molecule has 0 spiro atoms. The molecule has 0 saturated carbocycles. The van der Waals surface area contributed by atoms with E-state index in [-0.39, 0.29) is 11.3 Å². The molecule has 1 aliphatic rings. The first kappa shape index (κ1) is 24.3. The standard InChI is InChI=1S/C28H24N2O6S/c1-4-36-19-11-7-17(8-12-19)25(31)23-24(16-5-9-18(34-2)10-6-16)30(27(33)26(23)32)28-29-21-14-13-20(35-3)15-22(21)37-28/h5-15,24,31H,4H2,1-3H3/b25-23+/t24-/m0/s1. The molecule has 9 heteroatoms. The normalized spacial score (nSPS) is 16.8. The molecule has 3 aromatic carbocycles. The molecule has 4 aromatic rings. The Kier molecular flexibility index (Phi) is 6.54. The number of rotatable bonds is 7. The number of anilines is 1. The number of nitrogens with zero attached hydrogens (tertiary/aromatic N) is 2. The summed E-state index contributed by atoms with van der Waals surface area (Å²) in [7, 11) is 3.13. The molecule has 1 atom stereocenters. The largest absolute Gasteiger partial charge is 0.507 e. The Balaban J connectivity index is 1.67. The third-order valence-corrected chi connectivity index (χ3v) is 7.12. The Hall–Kier alpha value is -4.37. The zero-order valence-electron chi connectivity index (χ0n) is 20.4. The number of ketones is 1. The molecule has 188 valence electrons. The molecule has 1 fully saturated rings. The zero-order valence-corrected chi connectivity index (χ0v) is 21.2. The van der Waals surface area contributed by atoms with E-state index in [0.717, 1.165) is 4.70 Å². The third-order valence-electron chi connectivity index (χ3n) is 6.11. The predicted molar refractivity (Wildman–Crippen MR) is 142 cm³/mol. The quantitative estimate of drug-likeness (QED) is 0.201. The fraction of sp³-hybridized carbons (Fsp3) is 0.179. The van der Waals surface area contributed by atoms with Crippen LogP contribution in [0, 0.1) is 0 Å². The van der Waals surface area contributed by atoms with E-state index in [2.05, 4.69) is 4.98 Å². The highest BCUT2D eigenvalue weighted by Crippen LogP contribution is 2.45. The lowest BCUT2D eigenvalue weighted by atomic mass is 9.95. The van der Waals surface area contributed by atoms with Crippen LogP contribution in [0.15, 0.2) is 72.3 Å². The number of fused-ring (bicyclic) bond motifs is 1. The summed E-state index contributed by atoms with van der Waals surface area (Å²) in [4.78, 5) is 32.8. The van der Waals surface area contributed by atoms with E-state index in [0.29, 0.717) is 45.6 Å². The summed E-state index contributed by atoms with van der Waals surface area (Å²) in [5.74, 6) is 0.0956. The van der Waals surface area contributed by atoms with Gasteiger partial charge >= 0.3 is 5.91 Å². The number of carbonyl (C=O) groups is 2. The molecule has 0 unspecified atom stereocenters. The predicted octanol–water partition coefficient (Wildman–Crippen LogP) is 5.34. The second kappa shape index (κ2) is 9.94. The highest BCUT2D eigenvalue weighted by Gasteiger charge is 2.48. The monoisotopic (exact) mass is 516 g/mol. The van der Waals surface area contributed by atoms with Gasteiger partial charge in [0.15, 0.2) is 5.13 Å². The van der Waals surface area contributed by atoms with Gasteiger partial charge in [-0.1, -0.05) is 23.5 Å². The second-order valence-electron chi connectivity index (χ2n) is 8.23. The fourth-order valence-electron chi connectivity index (χ4n) is 4.29. The molecule has 1 aromatic heterocycles. The summed E-state index contributed by atoms with van der Waals surface area (Å²) in [5.41, 5.74) is 1.68. The number of thiazole rings is 1. The Morgan fingerprint density at radius 1 is 0.946 bits per heavy atom. The number of aliphatic hydroxyl groups excluding tert-OH is 1. The molecule has 2 heterocycles. The van der Waals surface area contributed by atoms with Gasteiger partial charge in [0.25, 0.3) is 5.78 Å². The number of aromatic nitrogens is 1. The number of carbonyl (C=O) groups excluding carboxylic acids is 2. The van der Waals surface area contributed by atoms with Crippen molar-refractivity contribution in [2.24, 2.45) is 0 Å². The van der Waals surface area contributed by atoms with Crippen LogP contribution in [-0.2, 0) is 9.59 Å². The molecule has 0 radical (unpaired) electrons. The van der Waals surface area contributed by atoms with Crippen LogP contribution in [-0.4, -0.2) is 42.6 Å². The maximum absolute atomic E-state index is 13.4. The van der Waals surface area contributed by atoms with Crippen molar-refractivity contribution in [1.82, 2.24) is 4.98 Å². The molecule has 0 aliphatic carbocycles. The van der Waals surface area contributed by atoms with E-state index in [4.69, 9.17) is 14.2 Å². The number of benzene rings is 3. The minimum absolute atomic E-state index is 0.0174. The maximum Gasteiger partial charge on any atom is 0.301 e. The summed E-state index contributed by atoms with van der Waals surface area (Å²) >= 11 is 1.27. The molecule has 1 saturated heterocycles. The van der Waals surface area contributed by atoms with Crippen LogP contribution < -0.4 is 19.1 Å². The van der Waals surface area contributed by atoms with Crippen molar-refractivity contribution >= 4 is 44.1 Å². The topological polar surface area (TPSA) is 98.2 Å². The molecule has 1 N–H and O–H groups in total. The van der Waals surface area contributed by atoms with Gasteiger partial charge < -0.3 is 19.3 Å². The zero-order chi connectivity index (χ0) is 26.1. The van der Waals surface area contributed by atoms with Gasteiger partial charge in [-0.15, -0.1) is 0 Å². The van der Waals surface area contributed by atoms with Crippen LogP contribution >= 0.6 is 11.3 Å². The summed E-state index contributed by atoms with van der Waals surface area (Å²) in [6.45, 7) is 2.38. The molecular weight excluding hydrogens is 492 g/mol. The van der Waals surface area contributed by atoms with Gasteiger partial charge in [-0.3, -0.25) is 14.5 Å². The van der Waals surface area contributed by atoms with Crippen molar-refractivity contribution in [3.05, 3.63) is 83.4 Å². The Bertz CT molecular complexity index is 1510. The number of methoxy groups -OCH3 is 2. The fourth-order valence-corrected chi connectivity index (χ4v) is 5.31. The van der Waals surface area contributed by atoms with E-state index in [1.54, 1.807) is 74.9 Å². The van der Waals surface area contributed by atoms with Gasteiger partial charge in [0, 0.05) is 5.56 Å². The maximum atomic E-state index is 13.4. The lowest BCUT2D eigenvalue weighted by Crippen LogP contribution is -2.29. The van der Waals surface area contributed by atoms with Crippen molar-refractivity contribution in [2.75, 3.05) is 25.7 Å². The lowest BCUT2D eigenvalue weighted by molar-refractivity contribution is -0.132. The number of hydrogen-bond donors (Lipinski definition) is 1. The van der Waals surface area contributed by atoms with E-state index < -0.39 is 17.7 Å². The van der Waals surface area contributed by atoms with E-state index in [1.807, 2.05) is 13.0 Å². The summed E-state index contributed by atoms with van der Waals surface area (Å²) in [6.07, 6.45) is 0. The van der Waals surface area contributed by atoms with Crippen LogP contribution in [0.25, 0.3) is 16.0 Å². The number of Topliss-reactive ketones (excluding diaryl/α,β-unsaturated/α-hetero) is 1. The van der Waals surface area contributed by atoms with Crippen molar-refractivity contribution in [2.45, 2.75) is 13.0 Å². The average molecular weight is 517 g/mol. The number of ether oxygens (including phenoxy) is 3. The van der Waals surface area contributed by atoms with Crippen LogP contribution in [0.2, 0.25) is 0 Å². The van der Waals surface area contributed by atoms with E-state index >= 15 is 0 Å². The SMILES string of the molecule is CCOc1ccc(/C(O)=C2\C(=O)C(=O)N(c3nc4ccc(OC)cc4s3)[C@H]2c2ccc(OC)cc2)cc1. The lowest BCUT2D eigenvalue weighted by Gasteiger charge is -2.23. The minimum Gasteiger partial charge on any atom is -0.507 e. The van der Waals surface area contributed by atoms with Gasteiger partial charge in [0.2, 0.25) is 0 Å². The second-order valence-corrected chi connectivity index (χ2v) is 9.24. The Morgan fingerprint density at radius 2 is 1.59 bits per heavy atom. The summed E-state index contributed by atoms with van der Waals surface area (Å²) in [5, 5.41) is 11.7. The van der Waals surface area contributed by atoms with Gasteiger partial charge in [-0.25, -0.2) is 4.98 Å². The Morgan fingerprint density at radius 3 is 2.24 bits per heavy atom. The molecule has 0 bridgehead atoms. The van der Waals surface area contributed by atoms with Crippen molar-refractivity contribution in [3.63, 3.8) is 0 Å². The van der Waals surface area contributed by atoms with Crippen molar-refractivity contribution in [1.29, 1.82) is 0 Å². The first-order chi connectivity index (χ1) is 17.9. The molecule has 8 nitrogen and oxygen atoms in total. The number of aliphatic hydroxyl groups is 1. The summed E-state index contributed by atoms with van der Waals surface area (Å²) in [6, 6.07) is 18.3.